The van der Waals surface area contributed by atoms with E-state index in [1.54, 1.807) is 24.5 Å². The van der Waals surface area contributed by atoms with Gasteiger partial charge in [-0.1, -0.05) is 37.6 Å². The Morgan fingerprint density at radius 3 is 2.50 bits per heavy atom. The normalized spacial score (nSPS) is 17.5. The molecule has 0 spiro atoms. The van der Waals surface area contributed by atoms with Crippen LogP contribution in [0.25, 0.3) is 5.03 Å². The lowest BCUT2D eigenvalue weighted by atomic mass is 9.88. The Morgan fingerprint density at radius 1 is 1.12 bits per heavy atom. The molecule has 2 unspecified atom stereocenters. The first-order chi connectivity index (χ1) is 12.6. The predicted octanol–water partition coefficient (Wildman–Crippen LogP) is 4.73. The highest BCUT2D eigenvalue weighted by Crippen LogP contribution is 2.33. The van der Waals surface area contributed by atoms with Crippen LogP contribution in [0.5, 0.6) is 0 Å². The smallest absolute Gasteiger partial charge is 0.186 e. The number of nitrogens with zero attached hydrogens (tertiary/aromatic N) is 3. The molecule has 0 aliphatic carbocycles. The summed E-state index contributed by atoms with van der Waals surface area (Å²) in [6.07, 6.45) is 6.95. The molecule has 1 fully saturated rings. The monoisotopic (exact) mass is 369 g/mol. The maximum Gasteiger partial charge on any atom is 0.186 e. The Morgan fingerprint density at radius 2 is 1.85 bits per heavy atom. The molecule has 26 heavy (non-hydrogen) atoms. The third-order valence-corrected chi connectivity index (χ3v) is 5.20. The molecule has 0 N–H and O–H groups in total. The second-order valence-electron chi connectivity index (χ2n) is 6.75. The molecule has 2 aromatic heterocycles. The Bertz CT molecular complexity index is 772. The zero-order valence-corrected chi connectivity index (χ0v) is 15.8. The zero-order valence-electron chi connectivity index (χ0n) is 15.1. The van der Waals surface area contributed by atoms with Crippen molar-refractivity contribution in [2.45, 2.75) is 32.2 Å². The van der Waals surface area contributed by atoms with Gasteiger partial charge < -0.3 is 0 Å². The third-order valence-electron chi connectivity index (χ3n) is 5.00. The lowest BCUT2D eigenvalue weighted by molar-refractivity contribution is 0.0742. The highest BCUT2D eigenvalue weighted by Gasteiger charge is 2.34. The predicted molar refractivity (Wildman–Crippen MR) is 105 cm³/mol. The molecular weight excluding hydrogens is 346 g/mol. The van der Waals surface area contributed by atoms with E-state index in [-0.39, 0.29) is 17.7 Å². The Hall–Kier alpha value is -2.04. The van der Waals surface area contributed by atoms with E-state index in [2.05, 4.69) is 21.4 Å². The molecule has 3 rings (SSSR count). The fourth-order valence-corrected chi connectivity index (χ4v) is 3.84. The number of hydrogen-bond acceptors (Lipinski definition) is 4. The van der Waals surface area contributed by atoms with Gasteiger partial charge in [0.05, 0.1) is 11.7 Å². The number of halogens is 1. The van der Waals surface area contributed by atoms with Crippen molar-refractivity contribution in [1.29, 1.82) is 0 Å². The quantitative estimate of drug-likeness (QED) is 0.690. The molecule has 0 aromatic carbocycles. The van der Waals surface area contributed by atoms with Gasteiger partial charge in [0.2, 0.25) is 0 Å². The first-order valence-electron chi connectivity index (χ1n) is 9.08. The molecule has 136 valence electrons. The van der Waals surface area contributed by atoms with Crippen molar-refractivity contribution in [1.82, 2.24) is 14.9 Å². The molecule has 2 aromatic rings. The van der Waals surface area contributed by atoms with Crippen molar-refractivity contribution >= 4 is 22.4 Å². The minimum Gasteiger partial charge on any atom is -0.294 e. The van der Waals surface area contributed by atoms with Gasteiger partial charge in [0.1, 0.15) is 5.69 Å². The number of likely N-dealkylation sites (tertiary alicyclic amines) is 1. The lowest BCUT2D eigenvalue weighted by Gasteiger charge is -2.37. The molecule has 3 heterocycles. The molecule has 1 saturated heterocycles. The summed E-state index contributed by atoms with van der Waals surface area (Å²) in [5.41, 5.74) is 1.92. The zero-order chi connectivity index (χ0) is 18.5. The van der Waals surface area contributed by atoms with Gasteiger partial charge in [-0.05, 0) is 50.2 Å². The summed E-state index contributed by atoms with van der Waals surface area (Å²) in [6.45, 7) is 7.70. The summed E-state index contributed by atoms with van der Waals surface area (Å²) in [7, 11) is 0. The number of pyridine rings is 2. The van der Waals surface area contributed by atoms with Gasteiger partial charge in [-0.15, -0.1) is 0 Å². The summed E-state index contributed by atoms with van der Waals surface area (Å²) in [5, 5.41) is 0.334. The maximum atomic E-state index is 13.3. The number of aromatic nitrogens is 2. The number of hydrogen-bond donors (Lipinski definition) is 0. The molecule has 0 radical (unpaired) electrons. The average Bonchev–Trinajstić information content (AvgIpc) is 2.69. The van der Waals surface area contributed by atoms with Gasteiger partial charge in [-0.3, -0.25) is 19.7 Å². The van der Waals surface area contributed by atoms with Crippen molar-refractivity contribution in [3.63, 3.8) is 0 Å². The van der Waals surface area contributed by atoms with Gasteiger partial charge >= 0.3 is 0 Å². The summed E-state index contributed by atoms with van der Waals surface area (Å²) >= 11 is 6.09. The number of piperidine rings is 1. The summed E-state index contributed by atoms with van der Waals surface area (Å²) in [6, 6.07) is 9.37. The number of Topliss-reactive ketones (excluding diaryl/α,β-unsaturated/α-hetero) is 1. The van der Waals surface area contributed by atoms with Gasteiger partial charge in [-0.25, -0.2) is 0 Å². The Kier molecular flexibility index (Phi) is 6.17. The van der Waals surface area contributed by atoms with Crippen molar-refractivity contribution in [3.8, 4) is 0 Å². The highest BCUT2D eigenvalue weighted by molar-refractivity contribution is 6.48. The lowest BCUT2D eigenvalue weighted by Crippen LogP contribution is -2.39. The fourth-order valence-electron chi connectivity index (χ4n) is 3.69. The highest BCUT2D eigenvalue weighted by atomic mass is 35.5. The summed E-state index contributed by atoms with van der Waals surface area (Å²) < 4.78 is 0. The number of rotatable bonds is 6. The molecule has 4 nitrogen and oxygen atoms in total. The van der Waals surface area contributed by atoms with E-state index >= 15 is 0 Å². The van der Waals surface area contributed by atoms with Crippen LogP contribution < -0.4 is 0 Å². The first kappa shape index (κ1) is 18.7. The van der Waals surface area contributed by atoms with Crippen LogP contribution in [0.4, 0.5) is 0 Å². The van der Waals surface area contributed by atoms with Crippen LogP contribution >= 0.6 is 11.6 Å². The van der Waals surface area contributed by atoms with Crippen molar-refractivity contribution < 1.29 is 4.79 Å². The third kappa shape index (κ3) is 4.02. The molecule has 5 heteroatoms. The van der Waals surface area contributed by atoms with Crippen molar-refractivity contribution in [2.75, 3.05) is 13.1 Å². The number of carbonyl (C=O) groups is 1. The molecule has 0 bridgehead atoms. The largest absolute Gasteiger partial charge is 0.294 e. The molecule has 1 aliphatic heterocycles. The molecule has 0 amide bonds. The fraction of sp³-hybridized carbons (Fsp3) is 0.381. The van der Waals surface area contributed by atoms with Crippen molar-refractivity contribution in [3.05, 3.63) is 66.3 Å². The van der Waals surface area contributed by atoms with Crippen LogP contribution in [-0.4, -0.2) is 33.7 Å². The van der Waals surface area contributed by atoms with Crippen LogP contribution in [0.1, 0.15) is 54.0 Å². The van der Waals surface area contributed by atoms with E-state index in [9.17, 15) is 4.79 Å². The minimum atomic E-state index is -0.285. The SMILES string of the molecule is C=C(Cl)c1cccnc1C(=O)C(C)C(c1ccccn1)N1CCCCC1. The molecular formula is C21H24ClN3O. The Labute approximate surface area is 159 Å². The second kappa shape index (κ2) is 8.56. The molecule has 1 aliphatic rings. The summed E-state index contributed by atoms with van der Waals surface area (Å²) in [5.74, 6) is -0.309. The molecule has 2 atom stereocenters. The number of ketones is 1. The van der Waals surface area contributed by atoms with Crippen LogP contribution in [0, 0.1) is 5.92 Å². The van der Waals surface area contributed by atoms with Gasteiger partial charge in [0, 0.05) is 28.9 Å². The van der Waals surface area contributed by atoms with E-state index in [1.165, 1.54) is 6.42 Å². The minimum absolute atomic E-state index is 0.0244. The second-order valence-corrected chi connectivity index (χ2v) is 7.21. The van der Waals surface area contributed by atoms with Crippen LogP contribution in [-0.2, 0) is 0 Å². The Balaban J connectivity index is 1.96. The van der Waals surface area contributed by atoms with E-state index < -0.39 is 0 Å². The van der Waals surface area contributed by atoms with Gasteiger partial charge in [0.25, 0.3) is 0 Å². The first-order valence-corrected chi connectivity index (χ1v) is 9.46. The standard InChI is InChI=1S/C21H24ClN3O/c1-15(21(26)19-17(16(2)22)9-8-12-24-19)20(18-10-4-5-11-23-18)25-13-6-3-7-14-25/h4-5,8-12,15,20H,2-3,6-7,13-14H2,1H3. The van der Waals surface area contributed by atoms with E-state index in [0.29, 0.717) is 16.3 Å². The van der Waals surface area contributed by atoms with Crippen LogP contribution in [0.3, 0.4) is 0 Å². The topological polar surface area (TPSA) is 46.1 Å². The van der Waals surface area contributed by atoms with Crippen LogP contribution in [0.2, 0.25) is 0 Å². The average molecular weight is 370 g/mol. The molecule has 0 saturated carbocycles. The van der Waals surface area contributed by atoms with Gasteiger partial charge in [-0.2, -0.15) is 0 Å². The summed E-state index contributed by atoms with van der Waals surface area (Å²) in [4.78, 5) is 24.6. The van der Waals surface area contributed by atoms with E-state index in [1.807, 2.05) is 25.1 Å². The van der Waals surface area contributed by atoms with E-state index in [0.717, 1.165) is 31.6 Å². The number of carbonyl (C=O) groups excluding carboxylic acids is 1. The van der Waals surface area contributed by atoms with E-state index in [4.69, 9.17) is 11.6 Å². The maximum absolute atomic E-state index is 13.3. The van der Waals surface area contributed by atoms with Crippen molar-refractivity contribution in [2.24, 2.45) is 5.92 Å². The van der Waals surface area contributed by atoms with Crippen LogP contribution in [0.15, 0.2) is 49.3 Å². The van der Waals surface area contributed by atoms with Gasteiger partial charge in [0.15, 0.2) is 5.78 Å².